The van der Waals surface area contributed by atoms with Crippen molar-refractivity contribution in [2.75, 3.05) is 43.4 Å². The lowest BCUT2D eigenvalue weighted by molar-refractivity contribution is -0.192. The van der Waals surface area contributed by atoms with Crippen LogP contribution < -0.4 is 10.6 Å². The van der Waals surface area contributed by atoms with Crippen molar-refractivity contribution in [3.05, 3.63) is 95.6 Å². The number of nitrogens with zero attached hydrogens (tertiary/aromatic N) is 3. The maximum absolute atomic E-state index is 12.5. The normalized spacial score (nSPS) is 13.9. The van der Waals surface area contributed by atoms with Gasteiger partial charge in [0.15, 0.2) is 5.96 Å². The zero-order valence-electron chi connectivity index (χ0n) is 23.3. The van der Waals surface area contributed by atoms with E-state index in [1.54, 1.807) is 24.3 Å². The van der Waals surface area contributed by atoms with E-state index in [1.165, 1.54) is 0 Å². The van der Waals surface area contributed by atoms with Crippen molar-refractivity contribution in [2.45, 2.75) is 19.6 Å². The van der Waals surface area contributed by atoms with Gasteiger partial charge in [-0.2, -0.15) is 13.2 Å². The Balaban J connectivity index is 0.000000646. The van der Waals surface area contributed by atoms with Crippen molar-refractivity contribution in [3.8, 4) is 0 Å². The Labute approximate surface area is 246 Å². The number of aromatic carboxylic acids is 1. The number of amides is 1. The first-order valence-corrected chi connectivity index (χ1v) is 13.2. The number of guanidine groups is 1. The fourth-order valence-electron chi connectivity index (χ4n) is 3.95. The zero-order chi connectivity index (χ0) is 31.4. The van der Waals surface area contributed by atoms with E-state index in [4.69, 9.17) is 20.0 Å². The largest absolute Gasteiger partial charge is 0.490 e. The number of carbonyl (C=O) groups excluding carboxylic acids is 1. The minimum Gasteiger partial charge on any atom is -0.478 e. The number of aliphatic imine (C=N–C) groups is 1. The SMILES string of the molecule is Cc1ccc(NC(=O)CN2CCN(C(=NCc3ccccc3)Nc3ccc(C(=O)O)cc3)CC2)cc1.O=C(O)C(F)(F)F. The van der Waals surface area contributed by atoms with Crippen LogP contribution in [-0.4, -0.2) is 82.7 Å². The molecule has 228 valence electrons. The maximum Gasteiger partial charge on any atom is 0.490 e. The number of carbonyl (C=O) groups is 3. The summed E-state index contributed by atoms with van der Waals surface area (Å²) in [6, 6.07) is 24.4. The Morgan fingerprint density at radius 3 is 1.88 bits per heavy atom. The van der Waals surface area contributed by atoms with E-state index in [0.717, 1.165) is 41.6 Å². The number of carboxylic acid groups (broad SMARTS) is 2. The standard InChI is InChI=1S/C28H31N5O3.C2HF3O2/c1-21-7-11-24(12-8-21)30-26(34)20-32-15-17-33(18-16-32)28(29-19-22-5-3-2-4-6-22)31-25-13-9-23(10-14-25)27(35)36;3-2(4,5)1(6)7/h2-14H,15-20H2,1H3,(H,29,31)(H,30,34)(H,35,36);(H,6,7). The Bertz CT molecular complexity index is 1390. The number of alkyl halides is 3. The second-order valence-corrected chi connectivity index (χ2v) is 9.61. The molecule has 1 saturated heterocycles. The van der Waals surface area contributed by atoms with Crippen molar-refractivity contribution in [3.63, 3.8) is 0 Å². The molecule has 3 aromatic carbocycles. The second kappa shape index (κ2) is 15.4. The smallest absolute Gasteiger partial charge is 0.478 e. The molecule has 43 heavy (non-hydrogen) atoms. The van der Waals surface area contributed by atoms with Crippen molar-refractivity contribution < 1.29 is 37.8 Å². The second-order valence-electron chi connectivity index (χ2n) is 9.61. The number of anilines is 2. The van der Waals surface area contributed by atoms with Crippen LogP contribution in [0.15, 0.2) is 83.9 Å². The summed E-state index contributed by atoms with van der Waals surface area (Å²) < 4.78 is 31.7. The van der Waals surface area contributed by atoms with Gasteiger partial charge in [0.1, 0.15) is 0 Å². The molecule has 13 heteroatoms. The first-order valence-electron chi connectivity index (χ1n) is 13.2. The zero-order valence-corrected chi connectivity index (χ0v) is 23.3. The molecule has 0 bridgehead atoms. The number of aryl methyl sites for hydroxylation is 1. The summed E-state index contributed by atoms with van der Waals surface area (Å²) in [6.45, 7) is 5.76. The molecule has 10 nitrogen and oxygen atoms in total. The average Bonchev–Trinajstić information content (AvgIpc) is 2.97. The number of piperazine rings is 1. The maximum atomic E-state index is 12.5. The summed E-state index contributed by atoms with van der Waals surface area (Å²) >= 11 is 0. The Morgan fingerprint density at radius 2 is 1.35 bits per heavy atom. The summed E-state index contributed by atoms with van der Waals surface area (Å²) in [7, 11) is 0. The molecule has 1 aliphatic rings. The number of nitrogens with one attached hydrogen (secondary N) is 2. The van der Waals surface area contributed by atoms with E-state index in [-0.39, 0.29) is 11.5 Å². The van der Waals surface area contributed by atoms with Crippen LogP contribution in [0.2, 0.25) is 0 Å². The van der Waals surface area contributed by atoms with E-state index in [9.17, 15) is 22.8 Å². The van der Waals surface area contributed by atoms with E-state index in [0.29, 0.717) is 26.2 Å². The summed E-state index contributed by atoms with van der Waals surface area (Å²) in [6.07, 6.45) is -5.08. The van der Waals surface area contributed by atoms with Gasteiger partial charge in [-0.25, -0.2) is 14.6 Å². The van der Waals surface area contributed by atoms with Crippen molar-refractivity contribution >= 4 is 35.2 Å². The van der Waals surface area contributed by atoms with Crippen LogP contribution in [0.25, 0.3) is 0 Å². The van der Waals surface area contributed by atoms with Gasteiger partial charge < -0.3 is 25.7 Å². The Morgan fingerprint density at radius 1 is 0.814 bits per heavy atom. The minimum atomic E-state index is -5.08. The van der Waals surface area contributed by atoms with Crippen LogP contribution in [0.1, 0.15) is 21.5 Å². The Kier molecular flexibility index (Phi) is 11.6. The highest BCUT2D eigenvalue weighted by Gasteiger charge is 2.38. The van der Waals surface area contributed by atoms with Crippen LogP contribution in [0, 0.1) is 6.92 Å². The first kappa shape index (κ1) is 32.6. The number of benzene rings is 3. The molecule has 1 fully saturated rings. The molecule has 3 aromatic rings. The van der Waals surface area contributed by atoms with Crippen LogP contribution in [0.5, 0.6) is 0 Å². The molecule has 0 unspecified atom stereocenters. The summed E-state index contributed by atoms with van der Waals surface area (Å²) in [5.41, 5.74) is 4.06. The quantitative estimate of drug-likeness (QED) is 0.230. The molecule has 0 spiro atoms. The fraction of sp³-hybridized carbons (Fsp3) is 0.267. The lowest BCUT2D eigenvalue weighted by Gasteiger charge is -2.36. The van der Waals surface area contributed by atoms with E-state index in [1.807, 2.05) is 61.5 Å². The molecule has 0 aromatic heterocycles. The van der Waals surface area contributed by atoms with Crippen molar-refractivity contribution in [1.82, 2.24) is 9.80 Å². The lowest BCUT2D eigenvalue weighted by Crippen LogP contribution is -2.52. The minimum absolute atomic E-state index is 0.0260. The van der Waals surface area contributed by atoms with Gasteiger partial charge in [0, 0.05) is 37.6 Å². The lowest BCUT2D eigenvalue weighted by atomic mass is 10.2. The molecule has 1 aliphatic heterocycles. The topological polar surface area (TPSA) is 135 Å². The van der Waals surface area contributed by atoms with Crippen LogP contribution in [0.4, 0.5) is 24.5 Å². The van der Waals surface area contributed by atoms with Gasteiger partial charge in [0.2, 0.25) is 5.91 Å². The van der Waals surface area contributed by atoms with Gasteiger partial charge in [0.05, 0.1) is 18.7 Å². The van der Waals surface area contributed by atoms with Crippen LogP contribution >= 0.6 is 0 Å². The number of rotatable bonds is 7. The Hall–Kier alpha value is -4.91. The van der Waals surface area contributed by atoms with E-state index < -0.39 is 18.1 Å². The number of halogens is 3. The number of hydrogen-bond acceptors (Lipinski definition) is 5. The molecule has 0 atom stereocenters. The number of hydrogen-bond donors (Lipinski definition) is 4. The molecule has 4 rings (SSSR count). The first-order chi connectivity index (χ1) is 20.4. The predicted octanol–water partition coefficient (Wildman–Crippen LogP) is 4.55. The monoisotopic (exact) mass is 599 g/mol. The third-order valence-electron chi connectivity index (χ3n) is 6.26. The summed E-state index contributed by atoms with van der Waals surface area (Å²) in [5, 5.41) is 22.6. The van der Waals surface area contributed by atoms with Crippen LogP contribution in [0.3, 0.4) is 0 Å². The summed E-state index contributed by atoms with van der Waals surface area (Å²) in [5.74, 6) is -3.01. The summed E-state index contributed by atoms with van der Waals surface area (Å²) in [4.78, 5) is 41.7. The molecule has 1 amide bonds. The fourth-order valence-corrected chi connectivity index (χ4v) is 3.95. The van der Waals surface area contributed by atoms with Crippen molar-refractivity contribution in [2.24, 2.45) is 4.99 Å². The van der Waals surface area contributed by atoms with Gasteiger partial charge in [-0.3, -0.25) is 9.69 Å². The van der Waals surface area contributed by atoms with E-state index >= 15 is 0 Å². The van der Waals surface area contributed by atoms with Gasteiger partial charge in [-0.1, -0.05) is 48.0 Å². The molecule has 1 heterocycles. The van der Waals surface area contributed by atoms with Gasteiger partial charge in [0.25, 0.3) is 0 Å². The van der Waals surface area contributed by atoms with E-state index in [2.05, 4.69) is 20.4 Å². The molecule has 0 saturated carbocycles. The van der Waals surface area contributed by atoms with Crippen molar-refractivity contribution in [1.29, 1.82) is 0 Å². The molecule has 0 radical (unpaired) electrons. The highest BCUT2D eigenvalue weighted by Crippen LogP contribution is 2.14. The molecule has 4 N–H and O–H groups in total. The predicted molar refractivity (Wildman–Crippen MR) is 156 cm³/mol. The van der Waals surface area contributed by atoms with Gasteiger partial charge >= 0.3 is 18.1 Å². The molecule has 0 aliphatic carbocycles. The number of aliphatic carboxylic acids is 1. The highest BCUT2D eigenvalue weighted by atomic mass is 19.4. The van der Waals surface area contributed by atoms with Crippen LogP contribution in [-0.2, 0) is 16.1 Å². The average molecular weight is 600 g/mol. The number of carboxylic acids is 2. The molecular formula is C30H32F3N5O5. The third kappa shape index (κ3) is 11.1. The van der Waals surface area contributed by atoms with Gasteiger partial charge in [-0.05, 0) is 48.9 Å². The third-order valence-corrected chi connectivity index (χ3v) is 6.26. The van der Waals surface area contributed by atoms with Gasteiger partial charge in [-0.15, -0.1) is 0 Å². The highest BCUT2D eigenvalue weighted by molar-refractivity contribution is 5.95. The molecular weight excluding hydrogens is 567 g/mol.